The SMILES string of the molecule is O[C@@H]1CCCC[C@H]1Nc1nc2ccc(Cn3cnc4cc(C5=CCOCC5)ccc43)cc2s1. The normalized spacial score (nSPS) is 21.4. The van der Waals surface area contributed by atoms with Crippen molar-refractivity contribution < 1.29 is 9.84 Å². The maximum absolute atomic E-state index is 10.3. The van der Waals surface area contributed by atoms with Gasteiger partial charge in [0.2, 0.25) is 0 Å². The molecule has 0 radical (unpaired) electrons. The first kappa shape index (κ1) is 20.8. The smallest absolute Gasteiger partial charge is 0.184 e. The van der Waals surface area contributed by atoms with Gasteiger partial charge in [-0.05, 0) is 60.2 Å². The first-order valence-corrected chi connectivity index (χ1v) is 12.6. The van der Waals surface area contributed by atoms with E-state index in [1.807, 2.05) is 6.33 Å². The summed E-state index contributed by atoms with van der Waals surface area (Å²) in [5.41, 5.74) is 6.98. The summed E-state index contributed by atoms with van der Waals surface area (Å²) in [7, 11) is 0. The van der Waals surface area contributed by atoms with Crippen LogP contribution in [0.2, 0.25) is 0 Å². The van der Waals surface area contributed by atoms with Crippen LogP contribution >= 0.6 is 11.3 Å². The summed E-state index contributed by atoms with van der Waals surface area (Å²) in [4.78, 5) is 9.42. The molecule has 7 heteroatoms. The van der Waals surface area contributed by atoms with Gasteiger partial charge in [-0.2, -0.15) is 0 Å². The number of benzene rings is 2. The molecule has 0 spiro atoms. The summed E-state index contributed by atoms with van der Waals surface area (Å²) in [5.74, 6) is 0. The highest BCUT2D eigenvalue weighted by Crippen LogP contribution is 2.30. The van der Waals surface area contributed by atoms with E-state index >= 15 is 0 Å². The molecule has 170 valence electrons. The molecular formula is C26H28N4O2S. The zero-order valence-electron chi connectivity index (χ0n) is 18.5. The Labute approximate surface area is 196 Å². The molecule has 1 aliphatic heterocycles. The van der Waals surface area contributed by atoms with Crippen molar-refractivity contribution in [2.45, 2.75) is 50.8 Å². The molecule has 33 heavy (non-hydrogen) atoms. The number of nitrogens with zero attached hydrogens (tertiary/aromatic N) is 3. The Kier molecular flexibility index (Phi) is 5.62. The fraction of sp³-hybridized carbons (Fsp3) is 0.385. The van der Waals surface area contributed by atoms with Crippen LogP contribution in [0.1, 0.15) is 43.2 Å². The van der Waals surface area contributed by atoms with Crippen molar-refractivity contribution in [3.8, 4) is 0 Å². The lowest BCUT2D eigenvalue weighted by atomic mass is 9.93. The highest BCUT2D eigenvalue weighted by Gasteiger charge is 2.23. The summed E-state index contributed by atoms with van der Waals surface area (Å²) < 4.78 is 8.81. The molecule has 3 heterocycles. The van der Waals surface area contributed by atoms with Gasteiger partial charge in [0.05, 0.1) is 52.9 Å². The lowest BCUT2D eigenvalue weighted by molar-refractivity contribution is 0.116. The molecule has 1 saturated carbocycles. The lowest BCUT2D eigenvalue weighted by Gasteiger charge is -2.27. The molecule has 6 rings (SSSR count). The zero-order valence-corrected chi connectivity index (χ0v) is 19.4. The number of nitrogens with one attached hydrogen (secondary N) is 1. The van der Waals surface area contributed by atoms with Gasteiger partial charge >= 0.3 is 0 Å². The first-order chi connectivity index (χ1) is 16.2. The van der Waals surface area contributed by atoms with Gasteiger partial charge < -0.3 is 19.7 Å². The molecule has 0 amide bonds. The van der Waals surface area contributed by atoms with Crippen molar-refractivity contribution in [3.05, 3.63) is 59.9 Å². The van der Waals surface area contributed by atoms with E-state index in [0.717, 1.165) is 66.9 Å². The van der Waals surface area contributed by atoms with Gasteiger partial charge in [-0.25, -0.2) is 9.97 Å². The monoisotopic (exact) mass is 460 g/mol. The Bertz CT molecular complexity index is 1320. The molecule has 2 aliphatic rings. The minimum absolute atomic E-state index is 0.109. The van der Waals surface area contributed by atoms with Crippen molar-refractivity contribution in [1.82, 2.24) is 14.5 Å². The molecule has 1 aliphatic carbocycles. The van der Waals surface area contributed by atoms with Crippen LogP contribution in [0.4, 0.5) is 5.13 Å². The van der Waals surface area contributed by atoms with E-state index in [1.54, 1.807) is 11.3 Å². The number of fused-ring (bicyclic) bond motifs is 2. The van der Waals surface area contributed by atoms with Crippen molar-refractivity contribution in [2.24, 2.45) is 0 Å². The maximum Gasteiger partial charge on any atom is 0.184 e. The average Bonchev–Trinajstić information content (AvgIpc) is 3.44. The third kappa shape index (κ3) is 4.28. The number of ether oxygens (including phenoxy) is 1. The highest BCUT2D eigenvalue weighted by molar-refractivity contribution is 7.22. The first-order valence-electron chi connectivity index (χ1n) is 11.8. The minimum Gasteiger partial charge on any atom is -0.391 e. The van der Waals surface area contributed by atoms with E-state index in [1.165, 1.54) is 21.4 Å². The van der Waals surface area contributed by atoms with Gasteiger partial charge in [-0.1, -0.05) is 42.4 Å². The molecule has 0 unspecified atom stereocenters. The lowest BCUT2D eigenvalue weighted by Crippen LogP contribution is -2.36. The van der Waals surface area contributed by atoms with Crippen molar-refractivity contribution in [1.29, 1.82) is 0 Å². The van der Waals surface area contributed by atoms with Crippen molar-refractivity contribution >= 4 is 43.3 Å². The number of hydrogen-bond donors (Lipinski definition) is 2. The van der Waals surface area contributed by atoms with E-state index in [4.69, 9.17) is 9.72 Å². The average molecular weight is 461 g/mol. The fourth-order valence-electron chi connectivity index (χ4n) is 4.94. The summed E-state index contributed by atoms with van der Waals surface area (Å²) in [6.45, 7) is 2.25. The van der Waals surface area contributed by atoms with Gasteiger partial charge in [0, 0.05) is 6.54 Å². The number of imidazole rings is 1. The molecular weight excluding hydrogens is 432 g/mol. The van der Waals surface area contributed by atoms with Crippen LogP contribution in [0.3, 0.4) is 0 Å². The Balaban J connectivity index is 1.22. The zero-order chi connectivity index (χ0) is 22.2. The molecule has 2 aromatic carbocycles. The van der Waals surface area contributed by atoms with Crippen LogP contribution < -0.4 is 5.32 Å². The van der Waals surface area contributed by atoms with Crippen LogP contribution in [-0.4, -0.2) is 45.0 Å². The van der Waals surface area contributed by atoms with Gasteiger partial charge in [-0.15, -0.1) is 0 Å². The van der Waals surface area contributed by atoms with E-state index in [0.29, 0.717) is 6.61 Å². The van der Waals surface area contributed by atoms with E-state index in [-0.39, 0.29) is 12.1 Å². The minimum atomic E-state index is -0.279. The van der Waals surface area contributed by atoms with Crippen LogP contribution in [0.25, 0.3) is 26.8 Å². The highest BCUT2D eigenvalue weighted by atomic mass is 32.1. The maximum atomic E-state index is 10.3. The number of aliphatic hydroxyl groups excluding tert-OH is 1. The van der Waals surface area contributed by atoms with Crippen molar-refractivity contribution in [2.75, 3.05) is 18.5 Å². The molecule has 6 nitrogen and oxygen atoms in total. The summed E-state index contributed by atoms with van der Waals surface area (Å²) >= 11 is 1.67. The molecule has 0 saturated heterocycles. The van der Waals surface area contributed by atoms with E-state index in [2.05, 4.69) is 57.3 Å². The molecule has 2 N–H and O–H groups in total. The Morgan fingerprint density at radius 2 is 2.06 bits per heavy atom. The van der Waals surface area contributed by atoms with E-state index in [9.17, 15) is 5.11 Å². The molecule has 2 aromatic heterocycles. The van der Waals surface area contributed by atoms with Gasteiger partial charge in [0.25, 0.3) is 0 Å². The van der Waals surface area contributed by atoms with Crippen molar-refractivity contribution in [3.63, 3.8) is 0 Å². The third-order valence-corrected chi connectivity index (χ3v) is 7.75. The molecule has 2 atom stereocenters. The Morgan fingerprint density at radius 3 is 2.94 bits per heavy atom. The number of rotatable bonds is 5. The number of aromatic nitrogens is 3. The Morgan fingerprint density at radius 1 is 1.12 bits per heavy atom. The summed E-state index contributed by atoms with van der Waals surface area (Å²) in [6, 6.07) is 13.1. The summed E-state index contributed by atoms with van der Waals surface area (Å²) in [6.07, 6.45) is 8.93. The molecule has 4 aromatic rings. The van der Waals surface area contributed by atoms with Gasteiger partial charge in [0.1, 0.15) is 0 Å². The third-order valence-electron chi connectivity index (χ3n) is 6.80. The second-order valence-electron chi connectivity index (χ2n) is 9.05. The molecule has 0 bridgehead atoms. The second-order valence-corrected chi connectivity index (χ2v) is 10.1. The van der Waals surface area contributed by atoms with Crippen LogP contribution in [0.15, 0.2) is 48.8 Å². The molecule has 1 fully saturated rings. The second kappa shape index (κ2) is 8.89. The summed E-state index contributed by atoms with van der Waals surface area (Å²) in [5, 5.41) is 14.6. The predicted molar refractivity (Wildman–Crippen MR) is 134 cm³/mol. The quantitative estimate of drug-likeness (QED) is 0.428. The van der Waals surface area contributed by atoms with Gasteiger partial charge in [-0.3, -0.25) is 0 Å². The van der Waals surface area contributed by atoms with Gasteiger partial charge in [0.15, 0.2) is 5.13 Å². The number of anilines is 1. The van der Waals surface area contributed by atoms with E-state index < -0.39 is 0 Å². The fourth-order valence-corrected chi connectivity index (χ4v) is 5.93. The number of thiazole rings is 1. The van der Waals surface area contributed by atoms with Crippen LogP contribution in [0, 0.1) is 0 Å². The standard InChI is InChI=1S/C26H28N4O2S/c31-24-4-2-1-3-20(24)28-26-29-21-7-5-17(13-25(21)33-26)15-30-16-27-22-14-19(6-8-23(22)30)18-9-11-32-12-10-18/h5-9,13-14,16,20,24,31H,1-4,10-12,15H2,(H,28,29)/t20-,24-/m1/s1. The van der Waals surface area contributed by atoms with Crippen LogP contribution in [0.5, 0.6) is 0 Å². The largest absolute Gasteiger partial charge is 0.391 e. The van der Waals surface area contributed by atoms with Crippen LogP contribution in [-0.2, 0) is 11.3 Å². The Hall–Kier alpha value is -2.74. The topological polar surface area (TPSA) is 72.2 Å². The number of aliphatic hydroxyl groups is 1. The predicted octanol–water partition coefficient (Wildman–Crippen LogP) is 5.21. The number of hydrogen-bond acceptors (Lipinski definition) is 6.